The van der Waals surface area contributed by atoms with E-state index in [9.17, 15) is 0 Å². The minimum absolute atomic E-state index is 0.543. The maximum Gasteiger partial charge on any atom is 0.0486 e. The highest BCUT2D eigenvalue weighted by atomic mass is 15.1. The molecular weight excluding hydrogens is 208 g/mol. The SMILES string of the molecule is CCCC1NCCn2c1c(C)c1ccccc12. The third-order valence-corrected chi connectivity index (χ3v) is 3.91. The average Bonchev–Trinajstić information content (AvgIpc) is 2.66. The number of nitrogens with one attached hydrogen (secondary N) is 1. The van der Waals surface area contributed by atoms with Gasteiger partial charge in [-0.15, -0.1) is 0 Å². The van der Waals surface area contributed by atoms with E-state index >= 15 is 0 Å². The Balaban J connectivity index is 2.22. The molecule has 1 unspecified atom stereocenters. The average molecular weight is 228 g/mol. The van der Waals surface area contributed by atoms with Crippen LogP contribution in [-0.4, -0.2) is 11.1 Å². The summed E-state index contributed by atoms with van der Waals surface area (Å²) in [5, 5.41) is 5.08. The summed E-state index contributed by atoms with van der Waals surface area (Å²) in [6.07, 6.45) is 2.47. The molecule has 17 heavy (non-hydrogen) atoms. The van der Waals surface area contributed by atoms with Crippen molar-refractivity contribution in [2.45, 2.75) is 39.3 Å². The standard InChI is InChI=1S/C15H20N2/c1-3-6-13-15-11(2)12-7-4-5-8-14(12)17(15)10-9-16-13/h4-5,7-8,13,16H,3,6,9-10H2,1-2H3. The van der Waals surface area contributed by atoms with E-state index in [2.05, 4.69) is 48.0 Å². The fourth-order valence-corrected chi connectivity index (χ4v) is 3.16. The normalized spacial score (nSPS) is 19.5. The zero-order valence-electron chi connectivity index (χ0n) is 10.7. The maximum atomic E-state index is 3.66. The Morgan fingerprint density at radius 3 is 3.00 bits per heavy atom. The zero-order valence-corrected chi connectivity index (χ0v) is 10.7. The summed E-state index contributed by atoms with van der Waals surface area (Å²) >= 11 is 0. The van der Waals surface area contributed by atoms with Crippen molar-refractivity contribution < 1.29 is 0 Å². The lowest BCUT2D eigenvalue weighted by molar-refractivity contribution is 0.407. The maximum absolute atomic E-state index is 3.66. The van der Waals surface area contributed by atoms with E-state index in [1.165, 1.54) is 35.0 Å². The molecule has 90 valence electrons. The first-order valence-electron chi connectivity index (χ1n) is 6.64. The van der Waals surface area contributed by atoms with Gasteiger partial charge in [-0.05, 0) is 25.0 Å². The fourth-order valence-electron chi connectivity index (χ4n) is 3.16. The number of aromatic nitrogens is 1. The number of aryl methyl sites for hydroxylation is 1. The van der Waals surface area contributed by atoms with Gasteiger partial charge in [0.2, 0.25) is 0 Å². The molecule has 2 heterocycles. The van der Waals surface area contributed by atoms with Crippen molar-refractivity contribution >= 4 is 10.9 Å². The molecule has 1 aliphatic heterocycles. The van der Waals surface area contributed by atoms with Gasteiger partial charge in [0.05, 0.1) is 0 Å². The lowest BCUT2D eigenvalue weighted by Crippen LogP contribution is -2.33. The number of para-hydroxylation sites is 1. The number of hydrogen-bond acceptors (Lipinski definition) is 1. The van der Waals surface area contributed by atoms with Crippen LogP contribution in [0.3, 0.4) is 0 Å². The lowest BCUT2D eigenvalue weighted by atomic mass is 10.0. The van der Waals surface area contributed by atoms with Crippen molar-refractivity contribution in [3.8, 4) is 0 Å². The van der Waals surface area contributed by atoms with Gasteiger partial charge in [0.25, 0.3) is 0 Å². The van der Waals surface area contributed by atoms with Crippen LogP contribution in [-0.2, 0) is 6.54 Å². The first kappa shape index (κ1) is 10.8. The van der Waals surface area contributed by atoms with Gasteiger partial charge in [-0.1, -0.05) is 31.5 Å². The highest BCUT2D eigenvalue weighted by Crippen LogP contribution is 2.33. The molecule has 1 aliphatic rings. The Morgan fingerprint density at radius 2 is 2.18 bits per heavy atom. The van der Waals surface area contributed by atoms with Crippen LogP contribution in [0, 0.1) is 6.92 Å². The summed E-state index contributed by atoms with van der Waals surface area (Å²) in [5.74, 6) is 0. The molecule has 0 fully saturated rings. The van der Waals surface area contributed by atoms with Gasteiger partial charge in [0, 0.05) is 35.7 Å². The monoisotopic (exact) mass is 228 g/mol. The Bertz CT molecular complexity index is 539. The van der Waals surface area contributed by atoms with Crippen molar-refractivity contribution in [3.05, 3.63) is 35.5 Å². The van der Waals surface area contributed by atoms with E-state index in [1.807, 2.05) is 0 Å². The summed E-state index contributed by atoms with van der Waals surface area (Å²) < 4.78 is 2.52. The first-order valence-corrected chi connectivity index (χ1v) is 6.64. The van der Waals surface area contributed by atoms with Crippen LogP contribution in [0.2, 0.25) is 0 Å². The van der Waals surface area contributed by atoms with Gasteiger partial charge in [-0.2, -0.15) is 0 Å². The smallest absolute Gasteiger partial charge is 0.0486 e. The number of benzene rings is 1. The molecule has 0 radical (unpaired) electrons. The Labute approximate surface area is 103 Å². The first-order chi connectivity index (χ1) is 8.33. The highest BCUT2D eigenvalue weighted by Gasteiger charge is 2.24. The summed E-state index contributed by atoms with van der Waals surface area (Å²) in [6.45, 7) is 6.72. The molecule has 0 bridgehead atoms. The molecule has 1 N–H and O–H groups in total. The molecule has 1 atom stereocenters. The van der Waals surface area contributed by atoms with Crippen LogP contribution in [0.5, 0.6) is 0 Å². The van der Waals surface area contributed by atoms with E-state index in [0.717, 1.165) is 13.1 Å². The molecule has 2 aromatic rings. The molecule has 0 saturated heterocycles. The Hall–Kier alpha value is -1.28. The van der Waals surface area contributed by atoms with Crippen LogP contribution < -0.4 is 5.32 Å². The molecule has 2 nitrogen and oxygen atoms in total. The van der Waals surface area contributed by atoms with Crippen LogP contribution in [0.1, 0.15) is 37.1 Å². The molecule has 0 saturated carbocycles. The van der Waals surface area contributed by atoms with Crippen LogP contribution in [0.15, 0.2) is 24.3 Å². The highest BCUT2D eigenvalue weighted by molar-refractivity contribution is 5.85. The van der Waals surface area contributed by atoms with E-state index in [1.54, 1.807) is 0 Å². The minimum Gasteiger partial charge on any atom is -0.342 e. The summed E-state index contributed by atoms with van der Waals surface area (Å²) in [4.78, 5) is 0. The van der Waals surface area contributed by atoms with Crippen molar-refractivity contribution in [2.24, 2.45) is 0 Å². The van der Waals surface area contributed by atoms with E-state index in [-0.39, 0.29) is 0 Å². The van der Waals surface area contributed by atoms with Crippen molar-refractivity contribution in [3.63, 3.8) is 0 Å². The lowest BCUT2D eigenvalue weighted by Gasteiger charge is -2.27. The summed E-state index contributed by atoms with van der Waals surface area (Å²) in [5.41, 5.74) is 4.38. The van der Waals surface area contributed by atoms with Crippen LogP contribution in [0.25, 0.3) is 10.9 Å². The predicted octanol–water partition coefficient (Wildman–Crippen LogP) is 3.39. The van der Waals surface area contributed by atoms with Crippen LogP contribution in [0.4, 0.5) is 0 Å². The summed E-state index contributed by atoms with van der Waals surface area (Å²) in [7, 11) is 0. The zero-order chi connectivity index (χ0) is 11.8. The summed E-state index contributed by atoms with van der Waals surface area (Å²) in [6, 6.07) is 9.33. The Kier molecular flexibility index (Phi) is 2.67. The third-order valence-electron chi connectivity index (χ3n) is 3.91. The van der Waals surface area contributed by atoms with Gasteiger partial charge in [0.1, 0.15) is 0 Å². The number of rotatable bonds is 2. The van der Waals surface area contributed by atoms with Gasteiger partial charge in [-0.25, -0.2) is 0 Å². The van der Waals surface area contributed by atoms with E-state index in [0.29, 0.717) is 6.04 Å². The number of nitrogens with zero attached hydrogens (tertiary/aromatic N) is 1. The molecule has 0 spiro atoms. The second-order valence-corrected chi connectivity index (χ2v) is 4.97. The predicted molar refractivity (Wildman–Crippen MR) is 72.3 cm³/mol. The Morgan fingerprint density at radius 1 is 1.35 bits per heavy atom. The van der Waals surface area contributed by atoms with Crippen molar-refractivity contribution in [2.75, 3.05) is 6.54 Å². The minimum atomic E-state index is 0.543. The van der Waals surface area contributed by atoms with Crippen molar-refractivity contribution in [1.29, 1.82) is 0 Å². The molecule has 1 aromatic heterocycles. The topological polar surface area (TPSA) is 17.0 Å². The van der Waals surface area contributed by atoms with Gasteiger partial charge in [0.15, 0.2) is 0 Å². The molecule has 0 aliphatic carbocycles. The number of hydrogen-bond donors (Lipinski definition) is 1. The molecule has 2 heteroatoms. The van der Waals surface area contributed by atoms with Crippen LogP contribution >= 0.6 is 0 Å². The molecular formula is C15H20N2. The van der Waals surface area contributed by atoms with Gasteiger partial charge >= 0.3 is 0 Å². The van der Waals surface area contributed by atoms with E-state index < -0.39 is 0 Å². The van der Waals surface area contributed by atoms with E-state index in [4.69, 9.17) is 0 Å². The molecule has 3 rings (SSSR count). The molecule has 0 amide bonds. The largest absolute Gasteiger partial charge is 0.342 e. The molecule has 1 aromatic carbocycles. The fraction of sp³-hybridized carbons (Fsp3) is 0.467. The van der Waals surface area contributed by atoms with Crippen molar-refractivity contribution in [1.82, 2.24) is 9.88 Å². The van der Waals surface area contributed by atoms with Gasteiger partial charge in [-0.3, -0.25) is 0 Å². The third kappa shape index (κ3) is 1.59. The van der Waals surface area contributed by atoms with Gasteiger partial charge < -0.3 is 9.88 Å². The quantitative estimate of drug-likeness (QED) is 0.833. The number of fused-ring (bicyclic) bond motifs is 3. The second kappa shape index (κ2) is 4.19. The second-order valence-electron chi connectivity index (χ2n) is 4.97.